The number of aliphatic hydroxyl groups is 1. The topological polar surface area (TPSA) is 59.0 Å². The first kappa shape index (κ1) is 21.7. The summed E-state index contributed by atoms with van der Waals surface area (Å²) in [5.74, 6) is 1.42. The van der Waals surface area contributed by atoms with Crippen LogP contribution in [0.25, 0.3) is 0 Å². The summed E-state index contributed by atoms with van der Waals surface area (Å²) in [6.45, 7) is 4.55. The smallest absolute Gasteiger partial charge is 0.261 e. The van der Waals surface area contributed by atoms with Crippen molar-refractivity contribution in [2.24, 2.45) is 5.92 Å². The quantitative estimate of drug-likeness (QED) is 0.764. The molecule has 166 valence electrons. The van der Waals surface area contributed by atoms with Gasteiger partial charge in [0.05, 0.1) is 18.8 Å². The van der Waals surface area contributed by atoms with E-state index in [1.54, 1.807) is 7.11 Å². The Morgan fingerprint density at radius 1 is 1.13 bits per heavy atom. The number of hydrogen-bond acceptors (Lipinski definition) is 4. The van der Waals surface area contributed by atoms with Crippen LogP contribution in [0.2, 0.25) is 0 Å². The molecule has 2 aliphatic rings. The summed E-state index contributed by atoms with van der Waals surface area (Å²) in [4.78, 5) is 15.3. The Kier molecular flexibility index (Phi) is 6.24. The van der Waals surface area contributed by atoms with E-state index < -0.39 is 5.60 Å². The zero-order chi connectivity index (χ0) is 22.0. The van der Waals surface area contributed by atoms with Crippen LogP contribution in [-0.2, 0) is 4.79 Å². The van der Waals surface area contributed by atoms with Crippen molar-refractivity contribution in [1.29, 1.82) is 0 Å². The maximum atomic E-state index is 13.4. The van der Waals surface area contributed by atoms with Crippen molar-refractivity contribution >= 4 is 5.91 Å². The number of nitrogens with zero attached hydrogens (tertiary/aromatic N) is 1. The Labute approximate surface area is 185 Å². The molecule has 1 aliphatic carbocycles. The molecule has 2 fully saturated rings. The molecule has 0 aromatic heterocycles. The highest BCUT2D eigenvalue weighted by molar-refractivity contribution is 5.78. The molecule has 1 N–H and O–H groups in total. The summed E-state index contributed by atoms with van der Waals surface area (Å²) in [7, 11) is 1.66. The van der Waals surface area contributed by atoms with Gasteiger partial charge in [-0.1, -0.05) is 37.1 Å². The number of fused-ring (bicyclic) bond motifs is 1. The third-order valence-corrected chi connectivity index (χ3v) is 6.90. The molecular formula is C26H33NO4. The number of benzene rings is 2. The van der Waals surface area contributed by atoms with Crippen LogP contribution >= 0.6 is 0 Å². The fraction of sp³-hybridized carbons (Fsp3) is 0.500. The monoisotopic (exact) mass is 423 g/mol. The fourth-order valence-electron chi connectivity index (χ4n) is 5.50. The molecule has 0 unspecified atom stereocenters. The predicted molar refractivity (Wildman–Crippen MR) is 120 cm³/mol. The molecule has 3 atom stereocenters. The van der Waals surface area contributed by atoms with Crippen molar-refractivity contribution in [2.45, 2.75) is 57.6 Å². The van der Waals surface area contributed by atoms with Crippen LogP contribution in [0.4, 0.5) is 0 Å². The molecule has 1 saturated carbocycles. The van der Waals surface area contributed by atoms with E-state index in [2.05, 4.69) is 6.07 Å². The minimum absolute atomic E-state index is 0.00327. The number of amides is 1. The average Bonchev–Trinajstić information content (AvgIpc) is 2.75. The Balaban J connectivity index is 1.62. The summed E-state index contributed by atoms with van der Waals surface area (Å²) in [6, 6.07) is 13.6. The number of ether oxygens (including phenoxy) is 2. The lowest BCUT2D eigenvalue weighted by Crippen LogP contribution is -2.57. The van der Waals surface area contributed by atoms with E-state index in [1.165, 1.54) is 0 Å². The van der Waals surface area contributed by atoms with Crippen molar-refractivity contribution in [3.05, 3.63) is 59.2 Å². The van der Waals surface area contributed by atoms with Gasteiger partial charge in [-0.2, -0.15) is 0 Å². The fourth-order valence-corrected chi connectivity index (χ4v) is 5.50. The number of para-hydroxylation sites is 1. The highest BCUT2D eigenvalue weighted by Gasteiger charge is 2.50. The molecule has 0 radical (unpaired) electrons. The number of carbonyl (C=O) groups is 1. The summed E-state index contributed by atoms with van der Waals surface area (Å²) in [5.41, 5.74) is 2.46. The molecule has 1 saturated heterocycles. The van der Waals surface area contributed by atoms with Crippen LogP contribution in [0.1, 0.15) is 54.8 Å². The van der Waals surface area contributed by atoms with Crippen LogP contribution < -0.4 is 9.47 Å². The number of piperidine rings is 1. The molecule has 31 heavy (non-hydrogen) atoms. The molecule has 2 aromatic carbocycles. The van der Waals surface area contributed by atoms with Gasteiger partial charge >= 0.3 is 0 Å². The first-order valence-electron chi connectivity index (χ1n) is 11.3. The molecule has 2 aromatic rings. The van der Waals surface area contributed by atoms with Crippen molar-refractivity contribution in [3.63, 3.8) is 0 Å². The third-order valence-electron chi connectivity index (χ3n) is 6.90. The molecule has 5 heteroatoms. The number of methoxy groups -OCH3 is 1. The first-order chi connectivity index (χ1) is 14.9. The zero-order valence-electron chi connectivity index (χ0n) is 18.8. The van der Waals surface area contributed by atoms with E-state index in [4.69, 9.17) is 9.47 Å². The molecule has 5 nitrogen and oxygen atoms in total. The minimum Gasteiger partial charge on any atom is -0.496 e. The number of carbonyl (C=O) groups excluding carboxylic acids is 1. The van der Waals surface area contributed by atoms with Crippen molar-refractivity contribution in [2.75, 3.05) is 20.3 Å². The molecule has 1 aliphatic heterocycles. The van der Waals surface area contributed by atoms with Gasteiger partial charge in [-0.05, 0) is 62.4 Å². The van der Waals surface area contributed by atoms with Gasteiger partial charge in [0.25, 0.3) is 5.91 Å². The van der Waals surface area contributed by atoms with Gasteiger partial charge < -0.3 is 19.5 Å². The second-order valence-electron chi connectivity index (χ2n) is 9.09. The Morgan fingerprint density at radius 3 is 2.61 bits per heavy atom. The lowest BCUT2D eigenvalue weighted by atomic mass is 9.66. The van der Waals surface area contributed by atoms with E-state index in [0.717, 1.165) is 48.1 Å². The highest BCUT2D eigenvalue weighted by atomic mass is 16.5. The number of likely N-dealkylation sites (tertiary alicyclic amines) is 1. The van der Waals surface area contributed by atoms with Crippen molar-refractivity contribution in [3.8, 4) is 11.5 Å². The number of aryl methyl sites for hydroxylation is 2. The predicted octanol–water partition coefficient (Wildman–Crippen LogP) is 4.59. The van der Waals surface area contributed by atoms with Gasteiger partial charge in [0.2, 0.25) is 0 Å². The summed E-state index contributed by atoms with van der Waals surface area (Å²) in [6.07, 6.45) is 4.42. The van der Waals surface area contributed by atoms with E-state index in [-0.39, 0.29) is 24.5 Å². The molecule has 0 bridgehead atoms. The standard InChI is InChI=1S/C26H33NO4/c1-18-14-19(2)16-20(15-18)31-17-24(28)27-13-12-26(29)11-7-6-9-22(26)25(27)21-8-4-5-10-23(21)30-3/h4-5,8,10,14-16,22,25,29H,6-7,9,11-13,17H2,1-3H3/t22-,25+,26-/m1/s1. The van der Waals surface area contributed by atoms with Crippen LogP contribution in [0, 0.1) is 19.8 Å². The average molecular weight is 424 g/mol. The number of hydrogen-bond donors (Lipinski definition) is 1. The lowest BCUT2D eigenvalue weighted by molar-refractivity contribution is -0.157. The van der Waals surface area contributed by atoms with E-state index in [1.807, 2.05) is 55.1 Å². The highest BCUT2D eigenvalue weighted by Crippen LogP contribution is 2.50. The summed E-state index contributed by atoms with van der Waals surface area (Å²) in [5, 5.41) is 11.4. The molecule has 1 amide bonds. The molecule has 1 heterocycles. The van der Waals surface area contributed by atoms with Crippen molar-refractivity contribution < 1.29 is 19.4 Å². The Bertz CT molecular complexity index is 923. The van der Waals surface area contributed by atoms with Gasteiger partial charge in [-0.25, -0.2) is 0 Å². The maximum absolute atomic E-state index is 13.4. The SMILES string of the molecule is COc1ccccc1[C@H]1[C@H]2CCCC[C@@]2(O)CCN1C(=O)COc1cc(C)cc(C)c1. The van der Waals surface area contributed by atoms with E-state index in [9.17, 15) is 9.90 Å². The molecular weight excluding hydrogens is 390 g/mol. The van der Waals surface area contributed by atoms with Gasteiger partial charge in [0.1, 0.15) is 11.5 Å². The first-order valence-corrected chi connectivity index (χ1v) is 11.3. The normalized spacial score (nSPS) is 25.6. The van der Waals surface area contributed by atoms with Gasteiger partial charge in [-0.3, -0.25) is 4.79 Å². The second kappa shape index (κ2) is 8.91. The van der Waals surface area contributed by atoms with Crippen LogP contribution in [-0.4, -0.2) is 41.8 Å². The van der Waals surface area contributed by atoms with Gasteiger partial charge in [0.15, 0.2) is 6.61 Å². The Morgan fingerprint density at radius 2 is 1.87 bits per heavy atom. The van der Waals surface area contributed by atoms with Gasteiger partial charge in [-0.15, -0.1) is 0 Å². The van der Waals surface area contributed by atoms with Crippen LogP contribution in [0.5, 0.6) is 11.5 Å². The van der Waals surface area contributed by atoms with Crippen LogP contribution in [0.15, 0.2) is 42.5 Å². The largest absolute Gasteiger partial charge is 0.496 e. The van der Waals surface area contributed by atoms with E-state index >= 15 is 0 Å². The number of rotatable bonds is 5. The Hall–Kier alpha value is -2.53. The maximum Gasteiger partial charge on any atom is 0.261 e. The molecule has 0 spiro atoms. The van der Waals surface area contributed by atoms with E-state index in [0.29, 0.717) is 18.7 Å². The lowest BCUT2D eigenvalue weighted by Gasteiger charge is -2.52. The zero-order valence-corrected chi connectivity index (χ0v) is 18.8. The minimum atomic E-state index is -0.727. The van der Waals surface area contributed by atoms with Crippen LogP contribution in [0.3, 0.4) is 0 Å². The van der Waals surface area contributed by atoms with Crippen molar-refractivity contribution in [1.82, 2.24) is 4.90 Å². The second-order valence-corrected chi connectivity index (χ2v) is 9.09. The summed E-state index contributed by atoms with van der Waals surface area (Å²) >= 11 is 0. The summed E-state index contributed by atoms with van der Waals surface area (Å²) < 4.78 is 11.5. The molecule has 4 rings (SSSR count). The third kappa shape index (κ3) is 4.42. The van der Waals surface area contributed by atoms with Gasteiger partial charge in [0, 0.05) is 18.0 Å².